The standard InChI is InChI=1S/C16H31N5O5S/c1-17-3-5-24-7-9-26-10-8-25-6-4-21-16(22)15(18-19-21)13-20-11-14(12-20)27(2)23/h14,17,19H,3-13H2,1-2H3. The zero-order valence-electron chi connectivity index (χ0n) is 16.1. The first-order chi connectivity index (χ1) is 13.1. The van der Waals surface area contributed by atoms with Crippen molar-refractivity contribution in [3.8, 4) is 0 Å². The lowest BCUT2D eigenvalue weighted by Gasteiger charge is -2.37. The molecule has 156 valence electrons. The van der Waals surface area contributed by atoms with E-state index in [9.17, 15) is 9.00 Å². The Balaban J connectivity index is 1.51. The molecule has 11 heteroatoms. The summed E-state index contributed by atoms with van der Waals surface area (Å²) < 4.78 is 29.0. The summed E-state index contributed by atoms with van der Waals surface area (Å²) in [6.07, 6.45) is 1.72. The predicted octanol–water partition coefficient (Wildman–Crippen LogP) is -1.60. The highest BCUT2D eigenvalue weighted by Gasteiger charge is 2.30. The highest BCUT2D eigenvalue weighted by Crippen LogP contribution is 2.14. The van der Waals surface area contributed by atoms with Gasteiger partial charge in [-0.1, -0.05) is 0 Å². The molecule has 0 radical (unpaired) electrons. The molecule has 0 bridgehead atoms. The van der Waals surface area contributed by atoms with Crippen LogP contribution in [-0.4, -0.2) is 102 Å². The smallest absolute Gasteiger partial charge is 0.291 e. The summed E-state index contributed by atoms with van der Waals surface area (Å²) in [5.74, 6) is 0. The van der Waals surface area contributed by atoms with Gasteiger partial charge >= 0.3 is 0 Å². The minimum absolute atomic E-state index is 0.130. The molecule has 1 aliphatic rings. The Bertz CT molecular complexity index is 617. The first-order valence-corrected chi connectivity index (χ1v) is 10.8. The van der Waals surface area contributed by atoms with Gasteiger partial charge in [-0.3, -0.25) is 13.9 Å². The van der Waals surface area contributed by atoms with Gasteiger partial charge in [-0.15, -0.1) is 0 Å². The van der Waals surface area contributed by atoms with E-state index in [1.165, 1.54) is 4.68 Å². The number of aromatic nitrogens is 3. The highest BCUT2D eigenvalue weighted by molar-refractivity contribution is 7.85. The van der Waals surface area contributed by atoms with Gasteiger partial charge in [-0.2, -0.15) is 5.10 Å². The molecule has 2 heterocycles. The maximum absolute atomic E-state index is 12.3. The fraction of sp³-hybridized carbons (Fsp3) is 0.875. The molecule has 10 nitrogen and oxygen atoms in total. The van der Waals surface area contributed by atoms with E-state index in [-0.39, 0.29) is 10.8 Å². The van der Waals surface area contributed by atoms with E-state index >= 15 is 0 Å². The van der Waals surface area contributed by atoms with Crippen LogP contribution in [0.3, 0.4) is 0 Å². The average molecular weight is 406 g/mol. The molecular formula is C16H31N5O5S. The Kier molecular flexibility index (Phi) is 10.2. The van der Waals surface area contributed by atoms with Crippen molar-refractivity contribution in [3.63, 3.8) is 0 Å². The zero-order chi connectivity index (χ0) is 19.5. The van der Waals surface area contributed by atoms with Crippen molar-refractivity contribution in [2.75, 3.05) is 72.6 Å². The predicted molar refractivity (Wildman–Crippen MR) is 102 cm³/mol. The Hall–Kier alpha value is -1.11. The van der Waals surface area contributed by atoms with Crippen molar-refractivity contribution in [1.82, 2.24) is 25.2 Å². The third-order valence-corrected chi connectivity index (χ3v) is 5.50. The lowest BCUT2D eigenvalue weighted by molar-refractivity contribution is 0.0133. The molecule has 0 saturated carbocycles. The van der Waals surface area contributed by atoms with Crippen LogP contribution in [0.25, 0.3) is 0 Å². The zero-order valence-corrected chi connectivity index (χ0v) is 17.0. The second kappa shape index (κ2) is 12.4. The van der Waals surface area contributed by atoms with Crippen LogP contribution in [-0.2, 0) is 38.1 Å². The van der Waals surface area contributed by atoms with Crippen LogP contribution >= 0.6 is 0 Å². The number of ether oxygens (including phenoxy) is 3. The molecule has 1 saturated heterocycles. The number of likely N-dealkylation sites (tertiary alicyclic amines) is 1. The van der Waals surface area contributed by atoms with Gasteiger partial charge in [0.25, 0.3) is 5.56 Å². The third kappa shape index (κ3) is 7.80. The Morgan fingerprint density at radius 3 is 2.41 bits per heavy atom. The van der Waals surface area contributed by atoms with Crippen LogP contribution in [0.4, 0.5) is 0 Å². The van der Waals surface area contributed by atoms with Crippen LogP contribution in [0.1, 0.15) is 5.69 Å². The summed E-state index contributed by atoms with van der Waals surface area (Å²) in [6, 6.07) is 0. The van der Waals surface area contributed by atoms with Gasteiger partial charge in [0.1, 0.15) is 5.69 Å². The third-order valence-electron chi connectivity index (χ3n) is 4.26. The molecule has 1 aliphatic heterocycles. The molecule has 0 aromatic carbocycles. The molecule has 0 spiro atoms. The largest absolute Gasteiger partial charge is 0.378 e. The number of rotatable bonds is 15. The van der Waals surface area contributed by atoms with Gasteiger partial charge in [-0.05, 0) is 7.05 Å². The van der Waals surface area contributed by atoms with E-state index in [2.05, 4.69) is 20.5 Å². The van der Waals surface area contributed by atoms with Crippen molar-refractivity contribution >= 4 is 10.8 Å². The molecule has 2 N–H and O–H groups in total. The quantitative estimate of drug-likeness (QED) is 0.336. The lowest BCUT2D eigenvalue weighted by Crippen LogP contribution is -2.52. The molecule has 1 fully saturated rings. The van der Waals surface area contributed by atoms with Crippen LogP contribution < -0.4 is 10.9 Å². The van der Waals surface area contributed by atoms with Gasteiger partial charge in [0.15, 0.2) is 0 Å². The van der Waals surface area contributed by atoms with Crippen molar-refractivity contribution in [2.24, 2.45) is 0 Å². The fourth-order valence-corrected chi connectivity index (χ4v) is 3.41. The molecule has 27 heavy (non-hydrogen) atoms. The van der Waals surface area contributed by atoms with E-state index in [0.29, 0.717) is 58.4 Å². The number of aromatic amines is 1. The maximum atomic E-state index is 12.3. The van der Waals surface area contributed by atoms with Crippen molar-refractivity contribution in [3.05, 3.63) is 16.0 Å². The van der Waals surface area contributed by atoms with Gasteiger partial charge in [0.2, 0.25) is 0 Å². The van der Waals surface area contributed by atoms with Crippen LogP contribution in [0.15, 0.2) is 4.79 Å². The second-order valence-corrected chi connectivity index (χ2v) is 8.03. The molecule has 2 rings (SSSR count). The summed E-state index contributed by atoms with van der Waals surface area (Å²) in [4.78, 5) is 14.3. The number of nitrogens with zero attached hydrogens (tertiary/aromatic N) is 3. The average Bonchev–Trinajstić information content (AvgIpc) is 2.95. The van der Waals surface area contributed by atoms with Gasteiger partial charge < -0.3 is 19.5 Å². The van der Waals surface area contributed by atoms with Gasteiger partial charge in [0.05, 0.1) is 51.4 Å². The number of hydrogen-bond donors (Lipinski definition) is 2. The van der Waals surface area contributed by atoms with Crippen LogP contribution in [0.5, 0.6) is 0 Å². The molecule has 1 aromatic heterocycles. The second-order valence-electron chi connectivity index (χ2n) is 6.37. The molecule has 1 aromatic rings. The van der Waals surface area contributed by atoms with E-state index < -0.39 is 10.8 Å². The Labute approximate surface area is 162 Å². The highest BCUT2D eigenvalue weighted by atomic mass is 32.2. The summed E-state index contributed by atoms with van der Waals surface area (Å²) >= 11 is 0. The van der Waals surface area contributed by atoms with E-state index in [0.717, 1.165) is 19.6 Å². The number of H-pyrrole nitrogens is 1. The molecule has 1 unspecified atom stereocenters. The summed E-state index contributed by atoms with van der Waals surface area (Å²) in [7, 11) is 1.08. The number of nitrogens with one attached hydrogen (secondary N) is 2. The van der Waals surface area contributed by atoms with Crippen LogP contribution in [0.2, 0.25) is 0 Å². The van der Waals surface area contributed by atoms with E-state index in [1.54, 1.807) is 6.26 Å². The monoisotopic (exact) mass is 405 g/mol. The Morgan fingerprint density at radius 1 is 1.15 bits per heavy atom. The van der Waals surface area contributed by atoms with Gasteiger partial charge in [-0.25, -0.2) is 9.90 Å². The topological polar surface area (TPSA) is 111 Å². The van der Waals surface area contributed by atoms with E-state index in [4.69, 9.17) is 14.2 Å². The lowest BCUT2D eigenvalue weighted by atomic mass is 10.2. The van der Waals surface area contributed by atoms with Crippen molar-refractivity contribution < 1.29 is 18.4 Å². The molecule has 0 aliphatic carbocycles. The minimum Gasteiger partial charge on any atom is -0.378 e. The first-order valence-electron chi connectivity index (χ1n) is 9.18. The Morgan fingerprint density at radius 2 is 1.78 bits per heavy atom. The normalized spacial score (nSPS) is 16.5. The van der Waals surface area contributed by atoms with Crippen molar-refractivity contribution in [1.29, 1.82) is 0 Å². The van der Waals surface area contributed by atoms with Crippen molar-refractivity contribution in [2.45, 2.75) is 18.3 Å². The van der Waals surface area contributed by atoms with Crippen LogP contribution in [0, 0.1) is 0 Å². The maximum Gasteiger partial charge on any atom is 0.291 e. The molecular weight excluding hydrogens is 374 g/mol. The summed E-state index contributed by atoms with van der Waals surface area (Å²) in [6.45, 7) is 6.38. The summed E-state index contributed by atoms with van der Waals surface area (Å²) in [5, 5.41) is 10.0. The summed E-state index contributed by atoms with van der Waals surface area (Å²) in [5.41, 5.74) is 0.353. The first kappa shape index (κ1) is 22.2. The van der Waals surface area contributed by atoms with E-state index in [1.807, 2.05) is 7.05 Å². The minimum atomic E-state index is -0.803. The number of hydrogen-bond acceptors (Lipinski definition) is 8. The molecule has 0 amide bonds. The number of likely N-dealkylation sites (N-methyl/N-ethyl adjacent to an activating group) is 1. The van der Waals surface area contributed by atoms with Gasteiger partial charge in [0, 0.05) is 43.2 Å². The fourth-order valence-electron chi connectivity index (χ4n) is 2.57. The SMILES string of the molecule is CNCCOCCOCCOCCn1[nH]nc(CN2CC(S(C)=O)C2)c1=O. The molecule has 1 atom stereocenters.